The van der Waals surface area contributed by atoms with Gasteiger partial charge in [0, 0.05) is 24.7 Å². The molecule has 0 bridgehead atoms. The number of hydrogen-bond acceptors (Lipinski definition) is 4. The Labute approximate surface area is 165 Å². The van der Waals surface area contributed by atoms with Crippen LogP contribution in [-0.2, 0) is 11.3 Å². The van der Waals surface area contributed by atoms with Crippen LogP contribution < -0.4 is 14.8 Å². The smallest absolute Gasteiger partial charge is 0.258 e. The van der Waals surface area contributed by atoms with Gasteiger partial charge >= 0.3 is 0 Å². The predicted octanol–water partition coefficient (Wildman–Crippen LogP) is 3.51. The molecule has 0 aromatic heterocycles. The van der Waals surface area contributed by atoms with Gasteiger partial charge in [-0.15, -0.1) is 0 Å². The summed E-state index contributed by atoms with van der Waals surface area (Å²) in [4.78, 5) is 14.2. The highest BCUT2D eigenvalue weighted by molar-refractivity contribution is 6.30. The van der Waals surface area contributed by atoms with Crippen LogP contribution in [0.5, 0.6) is 11.5 Å². The molecular formula is C21H25ClN2O3. The Balaban J connectivity index is 1.39. The third-order valence-corrected chi connectivity index (χ3v) is 4.82. The minimum Gasteiger partial charge on any atom is -0.490 e. The number of ether oxygens (including phenoxy) is 2. The fraction of sp³-hybridized carbons (Fsp3) is 0.381. The zero-order valence-electron chi connectivity index (χ0n) is 15.5. The minimum absolute atomic E-state index is 0.0288. The van der Waals surface area contributed by atoms with Crippen molar-refractivity contribution in [3.8, 4) is 11.5 Å². The fourth-order valence-corrected chi connectivity index (χ4v) is 3.04. The molecule has 3 rings (SSSR count). The van der Waals surface area contributed by atoms with Gasteiger partial charge in [0.2, 0.25) is 0 Å². The van der Waals surface area contributed by atoms with Crippen LogP contribution in [0.25, 0.3) is 0 Å². The molecule has 1 amide bonds. The Hall–Kier alpha value is -2.24. The topological polar surface area (TPSA) is 50.8 Å². The van der Waals surface area contributed by atoms with E-state index in [0.717, 1.165) is 37.2 Å². The van der Waals surface area contributed by atoms with Crippen LogP contribution in [0, 0.1) is 0 Å². The van der Waals surface area contributed by atoms with Gasteiger partial charge in [-0.25, -0.2) is 0 Å². The molecule has 1 fully saturated rings. The van der Waals surface area contributed by atoms with Gasteiger partial charge in [0.1, 0.15) is 17.6 Å². The van der Waals surface area contributed by atoms with E-state index in [2.05, 4.69) is 17.3 Å². The van der Waals surface area contributed by atoms with Gasteiger partial charge in [-0.3, -0.25) is 4.79 Å². The number of halogens is 1. The zero-order chi connectivity index (χ0) is 19.1. The molecular weight excluding hydrogens is 364 g/mol. The molecule has 1 heterocycles. The van der Waals surface area contributed by atoms with Gasteiger partial charge in [0.15, 0.2) is 6.61 Å². The number of likely N-dealkylation sites (tertiary alicyclic amines) is 1. The van der Waals surface area contributed by atoms with E-state index >= 15 is 0 Å². The molecule has 1 aliphatic heterocycles. The SMILES string of the molecule is CN1CCC(Oc2ccc(CNC(=O)COc3ccc(Cl)cc3)cc2)CC1. The summed E-state index contributed by atoms with van der Waals surface area (Å²) in [6.07, 6.45) is 2.40. The van der Waals surface area contributed by atoms with E-state index in [1.165, 1.54) is 0 Å². The number of piperidine rings is 1. The number of amides is 1. The predicted molar refractivity (Wildman–Crippen MR) is 106 cm³/mol. The molecule has 0 spiro atoms. The second-order valence-electron chi connectivity index (χ2n) is 6.78. The Morgan fingerprint density at radius 1 is 1.07 bits per heavy atom. The van der Waals surface area contributed by atoms with E-state index in [1.54, 1.807) is 24.3 Å². The van der Waals surface area contributed by atoms with Gasteiger partial charge < -0.3 is 19.7 Å². The summed E-state index contributed by atoms with van der Waals surface area (Å²) in [7, 11) is 2.14. The molecule has 1 saturated heterocycles. The Morgan fingerprint density at radius 2 is 1.70 bits per heavy atom. The number of carbonyl (C=O) groups is 1. The first kappa shape index (κ1) is 19.5. The van der Waals surface area contributed by atoms with E-state index < -0.39 is 0 Å². The summed E-state index contributed by atoms with van der Waals surface area (Å²) < 4.78 is 11.5. The average molecular weight is 389 g/mol. The molecule has 0 atom stereocenters. The maximum Gasteiger partial charge on any atom is 0.258 e. The molecule has 1 N–H and O–H groups in total. The van der Waals surface area contributed by atoms with Gasteiger partial charge in [-0.05, 0) is 61.9 Å². The lowest BCUT2D eigenvalue weighted by Gasteiger charge is -2.29. The molecule has 0 aliphatic carbocycles. The second-order valence-corrected chi connectivity index (χ2v) is 7.22. The first-order chi connectivity index (χ1) is 13.1. The van der Waals surface area contributed by atoms with Gasteiger partial charge in [-0.1, -0.05) is 23.7 Å². The zero-order valence-corrected chi connectivity index (χ0v) is 16.2. The summed E-state index contributed by atoms with van der Waals surface area (Å²) in [6.45, 7) is 2.58. The normalized spacial score (nSPS) is 15.3. The molecule has 144 valence electrons. The number of hydrogen-bond donors (Lipinski definition) is 1. The van der Waals surface area contributed by atoms with Crippen LogP contribution >= 0.6 is 11.6 Å². The molecule has 1 aliphatic rings. The standard InChI is InChI=1S/C21H25ClN2O3/c1-24-12-10-20(11-13-24)27-19-6-2-16(3-7-19)14-23-21(25)15-26-18-8-4-17(22)5-9-18/h2-9,20H,10-15H2,1H3,(H,23,25). The Morgan fingerprint density at radius 3 is 2.37 bits per heavy atom. The molecule has 2 aromatic rings. The van der Waals surface area contributed by atoms with Gasteiger partial charge in [0.25, 0.3) is 5.91 Å². The summed E-state index contributed by atoms with van der Waals surface area (Å²) in [6, 6.07) is 14.8. The van der Waals surface area contributed by atoms with Crippen molar-refractivity contribution < 1.29 is 14.3 Å². The van der Waals surface area contributed by atoms with Crippen molar-refractivity contribution in [3.05, 3.63) is 59.1 Å². The first-order valence-electron chi connectivity index (χ1n) is 9.18. The summed E-state index contributed by atoms with van der Waals surface area (Å²) in [5.41, 5.74) is 1.02. The van der Waals surface area contributed by atoms with Crippen LogP contribution in [-0.4, -0.2) is 43.7 Å². The maximum absolute atomic E-state index is 11.9. The highest BCUT2D eigenvalue weighted by Gasteiger charge is 2.17. The molecule has 5 nitrogen and oxygen atoms in total. The van der Waals surface area contributed by atoms with Crippen LogP contribution in [0.15, 0.2) is 48.5 Å². The number of carbonyl (C=O) groups excluding carboxylic acids is 1. The quantitative estimate of drug-likeness (QED) is 0.788. The molecule has 2 aromatic carbocycles. The van der Waals surface area contributed by atoms with Crippen LogP contribution in [0.2, 0.25) is 5.02 Å². The monoisotopic (exact) mass is 388 g/mol. The number of rotatable bonds is 7. The Bertz CT molecular complexity index is 726. The van der Waals surface area contributed by atoms with E-state index in [-0.39, 0.29) is 18.6 Å². The summed E-state index contributed by atoms with van der Waals surface area (Å²) in [5, 5.41) is 3.48. The van der Waals surface area contributed by atoms with E-state index in [9.17, 15) is 4.79 Å². The van der Waals surface area contributed by atoms with Crippen molar-refractivity contribution in [2.75, 3.05) is 26.7 Å². The third-order valence-electron chi connectivity index (χ3n) is 4.56. The van der Waals surface area contributed by atoms with Crippen LogP contribution in [0.3, 0.4) is 0 Å². The lowest BCUT2D eigenvalue weighted by molar-refractivity contribution is -0.123. The second kappa shape index (κ2) is 9.62. The highest BCUT2D eigenvalue weighted by atomic mass is 35.5. The molecule has 27 heavy (non-hydrogen) atoms. The molecule has 6 heteroatoms. The Kier molecular flexibility index (Phi) is 6.96. The van der Waals surface area contributed by atoms with Crippen molar-refractivity contribution in [3.63, 3.8) is 0 Å². The average Bonchev–Trinajstić information content (AvgIpc) is 2.69. The third kappa shape index (κ3) is 6.45. The van der Waals surface area contributed by atoms with Crippen molar-refractivity contribution >= 4 is 17.5 Å². The van der Waals surface area contributed by atoms with E-state index in [1.807, 2.05) is 24.3 Å². The number of nitrogens with zero attached hydrogens (tertiary/aromatic N) is 1. The van der Waals surface area contributed by atoms with E-state index in [0.29, 0.717) is 17.3 Å². The number of benzene rings is 2. The first-order valence-corrected chi connectivity index (χ1v) is 9.55. The lowest BCUT2D eigenvalue weighted by atomic mass is 10.1. The fourth-order valence-electron chi connectivity index (χ4n) is 2.91. The minimum atomic E-state index is -0.170. The summed E-state index contributed by atoms with van der Waals surface area (Å²) in [5.74, 6) is 1.33. The van der Waals surface area contributed by atoms with Crippen molar-refractivity contribution in [2.45, 2.75) is 25.5 Å². The largest absolute Gasteiger partial charge is 0.490 e. The molecule has 0 unspecified atom stereocenters. The number of nitrogens with one attached hydrogen (secondary N) is 1. The van der Waals surface area contributed by atoms with Crippen molar-refractivity contribution in [2.24, 2.45) is 0 Å². The molecule has 0 radical (unpaired) electrons. The maximum atomic E-state index is 11.9. The van der Waals surface area contributed by atoms with Gasteiger partial charge in [-0.2, -0.15) is 0 Å². The van der Waals surface area contributed by atoms with Crippen molar-refractivity contribution in [1.29, 1.82) is 0 Å². The van der Waals surface area contributed by atoms with Gasteiger partial charge in [0.05, 0.1) is 0 Å². The van der Waals surface area contributed by atoms with Crippen LogP contribution in [0.1, 0.15) is 18.4 Å². The lowest BCUT2D eigenvalue weighted by Crippen LogP contribution is -2.35. The summed E-state index contributed by atoms with van der Waals surface area (Å²) >= 11 is 5.82. The van der Waals surface area contributed by atoms with Crippen molar-refractivity contribution in [1.82, 2.24) is 10.2 Å². The highest BCUT2D eigenvalue weighted by Crippen LogP contribution is 2.19. The van der Waals surface area contributed by atoms with E-state index in [4.69, 9.17) is 21.1 Å². The molecule has 0 saturated carbocycles. The van der Waals surface area contributed by atoms with Crippen LogP contribution in [0.4, 0.5) is 0 Å².